The highest BCUT2D eigenvalue weighted by Crippen LogP contribution is 2.09. The van der Waals surface area contributed by atoms with Gasteiger partial charge in [-0.3, -0.25) is 4.98 Å². The number of carbonyl (C=O) groups is 1. The molecule has 0 fully saturated rings. The standard InChI is InChI=1S/C9H11NO4/c1-2-13-6-7-3-4-8(5-10-7)14-9(11)12/h3-5H,2,6H2,1H3,(H,11,12). The van der Waals surface area contributed by atoms with Crippen LogP contribution in [0.3, 0.4) is 0 Å². The molecule has 0 bridgehead atoms. The minimum atomic E-state index is -1.34. The summed E-state index contributed by atoms with van der Waals surface area (Å²) in [6.07, 6.45) is 0.00649. The number of hydrogen-bond donors (Lipinski definition) is 1. The summed E-state index contributed by atoms with van der Waals surface area (Å²) in [6.45, 7) is 2.93. The summed E-state index contributed by atoms with van der Waals surface area (Å²) in [5, 5.41) is 8.30. The van der Waals surface area contributed by atoms with Gasteiger partial charge >= 0.3 is 6.16 Å². The van der Waals surface area contributed by atoms with Crippen LogP contribution in [-0.2, 0) is 11.3 Å². The molecule has 0 aliphatic carbocycles. The molecule has 0 radical (unpaired) electrons. The van der Waals surface area contributed by atoms with E-state index in [2.05, 4.69) is 9.72 Å². The third kappa shape index (κ3) is 3.40. The highest BCUT2D eigenvalue weighted by atomic mass is 16.7. The largest absolute Gasteiger partial charge is 0.511 e. The van der Waals surface area contributed by atoms with Gasteiger partial charge < -0.3 is 14.6 Å². The zero-order chi connectivity index (χ0) is 10.4. The van der Waals surface area contributed by atoms with Gasteiger partial charge in [0.05, 0.1) is 18.5 Å². The van der Waals surface area contributed by atoms with Gasteiger partial charge in [0.15, 0.2) is 5.75 Å². The molecule has 76 valence electrons. The smallest absolute Gasteiger partial charge is 0.449 e. The number of nitrogens with zero attached hydrogens (tertiary/aromatic N) is 1. The first-order valence-electron chi connectivity index (χ1n) is 4.16. The molecular weight excluding hydrogens is 186 g/mol. The van der Waals surface area contributed by atoms with E-state index in [-0.39, 0.29) is 5.75 Å². The van der Waals surface area contributed by atoms with Crippen LogP contribution < -0.4 is 4.74 Å². The summed E-state index contributed by atoms with van der Waals surface area (Å²) in [4.78, 5) is 14.1. The lowest BCUT2D eigenvalue weighted by molar-refractivity contribution is 0.131. The first-order valence-corrected chi connectivity index (χ1v) is 4.16. The Morgan fingerprint density at radius 2 is 2.36 bits per heavy atom. The second kappa shape index (κ2) is 5.18. The molecule has 1 N–H and O–H groups in total. The van der Waals surface area contributed by atoms with Gasteiger partial charge in [0.1, 0.15) is 0 Å². The molecule has 14 heavy (non-hydrogen) atoms. The van der Waals surface area contributed by atoms with Crippen LogP contribution in [0.4, 0.5) is 4.79 Å². The number of pyridine rings is 1. The van der Waals surface area contributed by atoms with Gasteiger partial charge in [-0.05, 0) is 19.1 Å². The Bertz CT molecular complexity index is 296. The Labute approximate surface area is 81.3 Å². The van der Waals surface area contributed by atoms with Gasteiger partial charge in [0, 0.05) is 6.61 Å². The second-order valence-corrected chi connectivity index (χ2v) is 2.49. The van der Waals surface area contributed by atoms with Crippen LogP contribution in [0.15, 0.2) is 18.3 Å². The molecule has 1 aromatic heterocycles. The van der Waals surface area contributed by atoms with Crippen molar-refractivity contribution in [2.75, 3.05) is 6.61 Å². The molecule has 1 heterocycles. The zero-order valence-corrected chi connectivity index (χ0v) is 7.77. The van der Waals surface area contributed by atoms with Crippen molar-refractivity contribution in [2.24, 2.45) is 0 Å². The van der Waals surface area contributed by atoms with Gasteiger partial charge in [-0.15, -0.1) is 0 Å². The molecule has 1 rings (SSSR count). The number of hydrogen-bond acceptors (Lipinski definition) is 4. The van der Waals surface area contributed by atoms with Gasteiger partial charge in [0.25, 0.3) is 0 Å². The van der Waals surface area contributed by atoms with Gasteiger partial charge in [0.2, 0.25) is 0 Å². The fourth-order valence-corrected chi connectivity index (χ4v) is 0.864. The Kier molecular flexibility index (Phi) is 3.87. The highest BCUT2D eigenvalue weighted by Gasteiger charge is 2.01. The van der Waals surface area contributed by atoms with Crippen LogP contribution in [0.1, 0.15) is 12.6 Å². The predicted molar refractivity (Wildman–Crippen MR) is 48.2 cm³/mol. The Morgan fingerprint density at radius 3 is 2.86 bits per heavy atom. The molecule has 0 amide bonds. The molecule has 1 aromatic rings. The maximum atomic E-state index is 10.2. The van der Waals surface area contributed by atoms with Crippen molar-refractivity contribution in [3.63, 3.8) is 0 Å². The lowest BCUT2D eigenvalue weighted by atomic mass is 10.3. The summed E-state index contributed by atoms with van der Waals surface area (Å²) in [5.41, 5.74) is 0.740. The minimum Gasteiger partial charge on any atom is -0.449 e. The van der Waals surface area contributed by atoms with Gasteiger partial charge in [-0.25, -0.2) is 4.79 Å². The summed E-state index contributed by atoms with van der Waals surface area (Å²) in [5.74, 6) is 0.206. The average molecular weight is 197 g/mol. The maximum absolute atomic E-state index is 10.2. The van der Waals surface area contributed by atoms with E-state index in [9.17, 15) is 4.79 Å². The predicted octanol–water partition coefficient (Wildman–Crippen LogP) is 1.67. The third-order valence-corrected chi connectivity index (χ3v) is 1.46. The normalized spacial score (nSPS) is 9.79. The van der Waals surface area contributed by atoms with Crippen LogP contribution in [0, 0.1) is 0 Å². The average Bonchev–Trinajstić information content (AvgIpc) is 2.16. The molecule has 0 aromatic carbocycles. The van der Waals surface area contributed by atoms with E-state index < -0.39 is 6.16 Å². The molecule has 0 saturated heterocycles. The van der Waals surface area contributed by atoms with Crippen LogP contribution in [0.5, 0.6) is 5.75 Å². The summed E-state index contributed by atoms with van der Waals surface area (Å²) >= 11 is 0. The quantitative estimate of drug-likeness (QED) is 0.743. The molecule has 5 heteroatoms. The van der Waals surface area contributed by atoms with Crippen molar-refractivity contribution in [2.45, 2.75) is 13.5 Å². The van der Waals surface area contributed by atoms with E-state index in [1.165, 1.54) is 12.3 Å². The third-order valence-electron chi connectivity index (χ3n) is 1.46. The van der Waals surface area contributed by atoms with Crippen molar-refractivity contribution in [1.82, 2.24) is 4.98 Å². The molecule has 0 unspecified atom stereocenters. The number of ether oxygens (including phenoxy) is 2. The topological polar surface area (TPSA) is 68.7 Å². The van der Waals surface area contributed by atoms with Crippen molar-refractivity contribution in [3.05, 3.63) is 24.0 Å². The number of aromatic nitrogens is 1. The first kappa shape index (κ1) is 10.5. The van der Waals surface area contributed by atoms with E-state index in [1.54, 1.807) is 6.07 Å². The molecule has 0 saturated carbocycles. The van der Waals surface area contributed by atoms with E-state index in [1.807, 2.05) is 6.92 Å². The van der Waals surface area contributed by atoms with E-state index in [0.717, 1.165) is 5.69 Å². The van der Waals surface area contributed by atoms with Crippen LogP contribution >= 0.6 is 0 Å². The minimum absolute atomic E-state index is 0.206. The summed E-state index contributed by atoms with van der Waals surface area (Å²) < 4.78 is 9.51. The van der Waals surface area contributed by atoms with Crippen molar-refractivity contribution in [3.8, 4) is 5.75 Å². The van der Waals surface area contributed by atoms with E-state index in [4.69, 9.17) is 9.84 Å². The maximum Gasteiger partial charge on any atom is 0.511 e. The molecule has 0 aliphatic heterocycles. The van der Waals surface area contributed by atoms with Crippen LogP contribution in [0.2, 0.25) is 0 Å². The summed E-state index contributed by atoms with van der Waals surface area (Å²) in [6, 6.07) is 3.20. The zero-order valence-electron chi connectivity index (χ0n) is 7.77. The SMILES string of the molecule is CCOCc1ccc(OC(=O)O)cn1. The van der Waals surface area contributed by atoms with Crippen molar-refractivity contribution in [1.29, 1.82) is 0 Å². The second-order valence-electron chi connectivity index (χ2n) is 2.49. The monoisotopic (exact) mass is 197 g/mol. The molecule has 5 nitrogen and oxygen atoms in total. The van der Waals surface area contributed by atoms with Crippen molar-refractivity contribution < 1.29 is 19.4 Å². The number of rotatable bonds is 4. The van der Waals surface area contributed by atoms with E-state index in [0.29, 0.717) is 13.2 Å². The first-order chi connectivity index (χ1) is 6.72. The molecule has 0 atom stereocenters. The van der Waals surface area contributed by atoms with Crippen LogP contribution in [0.25, 0.3) is 0 Å². The van der Waals surface area contributed by atoms with Gasteiger partial charge in [-0.2, -0.15) is 0 Å². The molecular formula is C9H11NO4. The highest BCUT2D eigenvalue weighted by molar-refractivity contribution is 5.60. The van der Waals surface area contributed by atoms with Crippen LogP contribution in [-0.4, -0.2) is 22.9 Å². The fourth-order valence-electron chi connectivity index (χ4n) is 0.864. The molecule has 0 spiro atoms. The lowest BCUT2D eigenvalue weighted by Crippen LogP contribution is -2.03. The van der Waals surface area contributed by atoms with E-state index >= 15 is 0 Å². The number of carboxylic acid groups (broad SMARTS) is 1. The lowest BCUT2D eigenvalue weighted by Gasteiger charge is -2.02. The Balaban J connectivity index is 2.54. The Hall–Kier alpha value is -1.62. The van der Waals surface area contributed by atoms with Gasteiger partial charge in [-0.1, -0.05) is 0 Å². The fraction of sp³-hybridized carbons (Fsp3) is 0.333. The summed E-state index contributed by atoms with van der Waals surface area (Å²) in [7, 11) is 0. The molecule has 0 aliphatic rings. The van der Waals surface area contributed by atoms with Crippen molar-refractivity contribution >= 4 is 6.16 Å². The Morgan fingerprint density at radius 1 is 1.57 bits per heavy atom.